The van der Waals surface area contributed by atoms with Crippen LogP contribution in [0.4, 0.5) is 0 Å². The number of rotatable bonds is 8. The molecule has 4 nitrogen and oxygen atoms in total. The van der Waals surface area contributed by atoms with Crippen LogP contribution in [0.15, 0.2) is 16.4 Å². The van der Waals surface area contributed by atoms with E-state index in [4.69, 9.17) is 0 Å². The van der Waals surface area contributed by atoms with E-state index in [1.807, 2.05) is 18.4 Å². The molecule has 0 aliphatic carbocycles. The Hall–Kier alpha value is -1.07. The number of fused-ring (bicyclic) bond motifs is 1. The second-order valence-corrected chi connectivity index (χ2v) is 6.88. The first-order valence-corrected chi connectivity index (χ1v) is 9.43. The summed E-state index contributed by atoms with van der Waals surface area (Å²) in [6.07, 6.45) is 6.35. The SMILES string of the molecule is CCCCCCNC(=NC)NCCN1CCc2sccc2C1. The number of thiophene rings is 1. The van der Waals surface area contributed by atoms with E-state index in [1.165, 1.54) is 44.2 Å². The van der Waals surface area contributed by atoms with Gasteiger partial charge in [-0.1, -0.05) is 26.2 Å². The molecule has 124 valence electrons. The number of nitrogens with one attached hydrogen (secondary N) is 2. The van der Waals surface area contributed by atoms with Crippen molar-refractivity contribution in [2.75, 3.05) is 33.2 Å². The monoisotopic (exact) mass is 322 g/mol. The zero-order chi connectivity index (χ0) is 15.6. The first-order valence-electron chi connectivity index (χ1n) is 8.55. The highest BCUT2D eigenvalue weighted by Crippen LogP contribution is 2.23. The lowest BCUT2D eigenvalue weighted by atomic mass is 10.1. The van der Waals surface area contributed by atoms with Crippen LogP contribution in [-0.4, -0.2) is 44.1 Å². The van der Waals surface area contributed by atoms with E-state index < -0.39 is 0 Å². The maximum Gasteiger partial charge on any atom is 0.191 e. The van der Waals surface area contributed by atoms with E-state index in [2.05, 4.69) is 38.9 Å². The Labute approximate surface area is 139 Å². The van der Waals surface area contributed by atoms with Crippen molar-refractivity contribution in [3.05, 3.63) is 21.9 Å². The van der Waals surface area contributed by atoms with Crippen molar-refractivity contribution in [3.63, 3.8) is 0 Å². The molecule has 0 unspecified atom stereocenters. The van der Waals surface area contributed by atoms with E-state index in [1.54, 1.807) is 4.88 Å². The fraction of sp³-hybridized carbons (Fsp3) is 0.706. The lowest BCUT2D eigenvalue weighted by Crippen LogP contribution is -2.42. The predicted octanol–water partition coefficient (Wildman–Crippen LogP) is 2.85. The van der Waals surface area contributed by atoms with Gasteiger partial charge in [0.1, 0.15) is 0 Å². The molecule has 0 atom stereocenters. The van der Waals surface area contributed by atoms with Gasteiger partial charge >= 0.3 is 0 Å². The van der Waals surface area contributed by atoms with Gasteiger partial charge in [-0.3, -0.25) is 9.89 Å². The molecule has 0 aromatic carbocycles. The summed E-state index contributed by atoms with van der Waals surface area (Å²) in [7, 11) is 1.85. The van der Waals surface area contributed by atoms with E-state index in [-0.39, 0.29) is 0 Å². The number of aliphatic imine (C=N–C) groups is 1. The maximum absolute atomic E-state index is 4.29. The number of hydrogen-bond donors (Lipinski definition) is 2. The highest BCUT2D eigenvalue weighted by molar-refractivity contribution is 7.10. The first kappa shape index (κ1) is 17.3. The van der Waals surface area contributed by atoms with Crippen molar-refractivity contribution in [3.8, 4) is 0 Å². The van der Waals surface area contributed by atoms with E-state index >= 15 is 0 Å². The van der Waals surface area contributed by atoms with Crippen LogP contribution in [0.5, 0.6) is 0 Å². The molecule has 0 fully saturated rings. The lowest BCUT2D eigenvalue weighted by Gasteiger charge is -2.27. The Morgan fingerprint density at radius 1 is 1.27 bits per heavy atom. The van der Waals surface area contributed by atoms with Gasteiger partial charge in [0.05, 0.1) is 0 Å². The van der Waals surface area contributed by atoms with Crippen LogP contribution in [-0.2, 0) is 13.0 Å². The van der Waals surface area contributed by atoms with Crippen LogP contribution in [0.2, 0.25) is 0 Å². The molecule has 1 aromatic heterocycles. The molecule has 5 heteroatoms. The third-order valence-electron chi connectivity index (χ3n) is 4.15. The topological polar surface area (TPSA) is 39.7 Å². The van der Waals surface area contributed by atoms with E-state index in [0.29, 0.717) is 0 Å². The maximum atomic E-state index is 4.29. The van der Waals surface area contributed by atoms with Crippen LogP contribution in [0.25, 0.3) is 0 Å². The Kier molecular flexibility index (Phi) is 7.74. The third-order valence-corrected chi connectivity index (χ3v) is 5.18. The van der Waals surface area contributed by atoms with Gasteiger partial charge in [-0.25, -0.2) is 0 Å². The first-order chi connectivity index (χ1) is 10.8. The average molecular weight is 323 g/mol. The summed E-state index contributed by atoms with van der Waals surface area (Å²) in [6.45, 7) is 7.57. The molecule has 1 aromatic rings. The molecule has 0 spiro atoms. The quantitative estimate of drug-likeness (QED) is 0.439. The highest BCUT2D eigenvalue weighted by Gasteiger charge is 2.16. The molecular formula is C17H30N4S. The summed E-state index contributed by atoms with van der Waals surface area (Å²) < 4.78 is 0. The molecule has 0 saturated heterocycles. The smallest absolute Gasteiger partial charge is 0.191 e. The van der Waals surface area contributed by atoms with Crippen LogP contribution in [0, 0.1) is 0 Å². The molecule has 0 saturated carbocycles. The second kappa shape index (κ2) is 9.85. The van der Waals surface area contributed by atoms with Crippen molar-refractivity contribution in [2.24, 2.45) is 4.99 Å². The number of guanidine groups is 1. The number of unbranched alkanes of at least 4 members (excludes halogenated alkanes) is 3. The predicted molar refractivity (Wildman–Crippen MR) is 96.8 cm³/mol. The molecule has 0 amide bonds. The molecule has 1 aliphatic rings. The Morgan fingerprint density at radius 3 is 2.95 bits per heavy atom. The fourth-order valence-electron chi connectivity index (χ4n) is 2.81. The Bertz CT molecular complexity index is 455. The average Bonchev–Trinajstić information content (AvgIpc) is 3.00. The Balaban J connectivity index is 1.59. The molecule has 22 heavy (non-hydrogen) atoms. The van der Waals surface area contributed by atoms with Gasteiger partial charge in [-0.15, -0.1) is 11.3 Å². The summed E-state index contributed by atoms with van der Waals surface area (Å²) >= 11 is 1.90. The minimum absolute atomic E-state index is 0.935. The molecular weight excluding hydrogens is 292 g/mol. The second-order valence-electron chi connectivity index (χ2n) is 5.88. The van der Waals surface area contributed by atoms with Crippen LogP contribution in [0.1, 0.15) is 43.0 Å². The summed E-state index contributed by atoms with van der Waals surface area (Å²) in [6, 6.07) is 2.27. The van der Waals surface area contributed by atoms with Crippen molar-refractivity contribution < 1.29 is 0 Å². The summed E-state index contributed by atoms with van der Waals surface area (Å²) in [4.78, 5) is 8.40. The molecule has 2 N–H and O–H groups in total. The van der Waals surface area contributed by atoms with Gasteiger partial charge in [0.15, 0.2) is 5.96 Å². The molecule has 0 bridgehead atoms. The van der Waals surface area contributed by atoms with Gasteiger partial charge in [0.25, 0.3) is 0 Å². The van der Waals surface area contributed by atoms with Gasteiger partial charge < -0.3 is 10.6 Å². The summed E-state index contributed by atoms with van der Waals surface area (Å²) in [5.41, 5.74) is 1.52. The molecule has 2 heterocycles. The standard InChI is InChI=1S/C17H30N4S/c1-3-4-5-6-9-19-17(18-2)20-10-12-21-11-7-16-15(14-21)8-13-22-16/h8,13H,3-7,9-12,14H2,1-2H3,(H2,18,19,20). The lowest BCUT2D eigenvalue weighted by molar-refractivity contribution is 0.260. The number of hydrogen-bond acceptors (Lipinski definition) is 3. The van der Waals surface area contributed by atoms with E-state index in [0.717, 1.165) is 32.1 Å². The highest BCUT2D eigenvalue weighted by atomic mass is 32.1. The summed E-state index contributed by atoms with van der Waals surface area (Å²) in [5, 5.41) is 9.04. The molecule has 1 aliphatic heterocycles. The van der Waals surface area contributed by atoms with Gasteiger partial charge in [0, 0.05) is 44.6 Å². The zero-order valence-electron chi connectivity index (χ0n) is 14.0. The molecule has 2 rings (SSSR count). The van der Waals surface area contributed by atoms with Crippen molar-refractivity contribution in [2.45, 2.75) is 45.6 Å². The van der Waals surface area contributed by atoms with Crippen molar-refractivity contribution >= 4 is 17.3 Å². The van der Waals surface area contributed by atoms with Crippen LogP contribution >= 0.6 is 11.3 Å². The van der Waals surface area contributed by atoms with Crippen LogP contribution < -0.4 is 10.6 Å². The third kappa shape index (κ3) is 5.61. The molecule has 0 radical (unpaired) electrons. The Morgan fingerprint density at radius 2 is 2.14 bits per heavy atom. The summed E-state index contributed by atoms with van der Waals surface area (Å²) in [5.74, 6) is 0.935. The van der Waals surface area contributed by atoms with Gasteiger partial charge in [-0.2, -0.15) is 0 Å². The number of nitrogens with zero attached hydrogens (tertiary/aromatic N) is 2. The fourth-order valence-corrected chi connectivity index (χ4v) is 3.70. The van der Waals surface area contributed by atoms with E-state index in [9.17, 15) is 0 Å². The normalized spacial score (nSPS) is 15.6. The zero-order valence-corrected chi connectivity index (χ0v) is 14.8. The van der Waals surface area contributed by atoms with Crippen LogP contribution in [0.3, 0.4) is 0 Å². The van der Waals surface area contributed by atoms with Crippen molar-refractivity contribution in [1.29, 1.82) is 0 Å². The largest absolute Gasteiger partial charge is 0.356 e. The minimum atomic E-state index is 0.935. The van der Waals surface area contributed by atoms with Gasteiger partial charge in [-0.05, 0) is 29.9 Å². The van der Waals surface area contributed by atoms with Crippen molar-refractivity contribution in [1.82, 2.24) is 15.5 Å². The minimum Gasteiger partial charge on any atom is -0.356 e. The van der Waals surface area contributed by atoms with Gasteiger partial charge in [0.2, 0.25) is 0 Å².